The van der Waals surface area contributed by atoms with Gasteiger partial charge >= 0.3 is 5.97 Å². The molecule has 0 aliphatic rings. The van der Waals surface area contributed by atoms with Crippen molar-refractivity contribution in [3.8, 4) is 0 Å². The zero-order valence-corrected chi connectivity index (χ0v) is 9.06. The Hall–Kier alpha value is -2.09. The fourth-order valence-corrected chi connectivity index (χ4v) is 1.13. The zero-order valence-electron chi connectivity index (χ0n) is 9.06. The quantitative estimate of drug-likeness (QED) is 0.643. The molecular formula is C10H10F2N2O4. The zero-order chi connectivity index (χ0) is 13.7. The summed E-state index contributed by atoms with van der Waals surface area (Å²) in [6, 6.07) is 0.987. The van der Waals surface area contributed by atoms with E-state index in [1.807, 2.05) is 0 Å². The van der Waals surface area contributed by atoms with E-state index in [0.717, 1.165) is 12.3 Å². The predicted octanol–water partition coefficient (Wildman–Crippen LogP) is -0.0748. The van der Waals surface area contributed by atoms with Gasteiger partial charge in [0.25, 0.3) is 5.91 Å². The molecule has 1 aromatic heterocycles. The summed E-state index contributed by atoms with van der Waals surface area (Å²) < 4.78 is 25.8. The Morgan fingerprint density at radius 3 is 2.72 bits per heavy atom. The maximum absolute atomic E-state index is 13.1. The Bertz CT molecular complexity index is 467. The van der Waals surface area contributed by atoms with Crippen LogP contribution in [0.1, 0.15) is 16.8 Å². The van der Waals surface area contributed by atoms with Crippen LogP contribution in [0.5, 0.6) is 0 Å². The van der Waals surface area contributed by atoms with Crippen molar-refractivity contribution in [3.63, 3.8) is 0 Å². The predicted molar refractivity (Wildman–Crippen MR) is 54.7 cm³/mol. The van der Waals surface area contributed by atoms with Gasteiger partial charge in [-0.1, -0.05) is 0 Å². The summed E-state index contributed by atoms with van der Waals surface area (Å²) in [7, 11) is 0. The van der Waals surface area contributed by atoms with Gasteiger partial charge in [-0.2, -0.15) is 4.39 Å². The van der Waals surface area contributed by atoms with Crippen molar-refractivity contribution >= 4 is 11.9 Å². The van der Waals surface area contributed by atoms with Gasteiger partial charge in [0.15, 0.2) is 11.9 Å². The lowest BCUT2D eigenvalue weighted by atomic mass is 10.2. The first-order chi connectivity index (χ1) is 8.43. The van der Waals surface area contributed by atoms with E-state index in [1.165, 1.54) is 0 Å². The first-order valence-electron chi connectivity index (χ1n) is 4.92. The molecule has 0 aromatic carbocycles. The first kappa shape index (κ1) is 14.0. The van der Waals surface area contributed by atoms with Crippen LogP contribution in [0, 0.1) is 11.8 Å². The summed E-state index contributed by atoms with van der Waals surface area (Å²) in [5.74, 6) is -5.11. The number of amides is 1. The van der Waals surface area contributed by atoms with Crippen molar-refractivity contribution < 1.29 is 28.6 Å². The molecule has 0 radical (unpaired) electrons. The molecule has 18 heavy (non-hydrogen) atoms. The lowest BCUT2D eigenvalue weighted by molar-refractivity contribution is -0.146. The average molecular weight is 260 g/mol. The first-order valence-corrected chi connectivity index (χ1v) is 4.92. The Kier molecular flexibility index (Phi) is 4.67. The largest absolute Gasteiger partial charge is 0.479 e. The van der Waals surface area contributed by atoms with Gasteiger partial charge in [0, 0.05) is 19.2 Å². The van der Waals surface area contributed by atoms with Crippen molar-refractivity contribution in [2.24, 2.45) is 0 Å². The number of halogens is 2. The van der Waals surface area contributed by atoms with Crippen LogP contribution in [0.25, 0.3) is 0 Å². The number of carbonyl (C=O) groups is 2. The molecule has 0 aliphatic carbocycles. The third kappa shape index (κ3) is 3.45. The number of carbonyl (C=O) groups excluding carboxylic acids is 1. The van der Waals surface area contributed by atoms with Crippen LogP contribution in [0.3, 0.4) is 0 Å². The molecule has 1 atom stereocenters. The Morgan fingerprint density at radius 1 is 1.44 bits per heavy atom. The lowest BCUT2D eigenvalue weighted by Crippen LogP contribution is -2.30. The summed E-state index contributed by atoms with van der Waals surface area (Å²) in [6.07, 6.45) is -0.931. The molecule has 0 fully saturated rings. The molecule has 1 aromatic rings. The highest BCUT2D eigenvalue weighted by Crippen LogP contribution is 2.08. The topological polar surface area (TPSA) is 99.5 Å². The maximum atomic E-state index is 13.1. The van der Waals surface area contributed by atoms with Crippen LogP contribution in [0.2, 0.25) is 0 Å². The van der Waals surface area contributed by atoms with Gasteiger partial charge in [0.1, 0.15) is 0 Å². The molecule has 1 heterocycles. The third-order valence-electron chi connectivity index (χ3n) is 2.08. The SMILES string of the molecule is O=C(NCC[C@H](O)C(=O)O)c1ccnc(F)c1F. The van der Waals surface area contributed by atoms with E-state index in [-0.39, 0.29) is 13.0 Å². The molecule has 0 saturated carbocycles. The van der Waals surface area contributed by atoms with Gasteiger partial charge < -0.3 is 15.5 Å². The lowest BCUT2D eigenvalue weighted by Gasteiger charge is -2.07. The second-order valence-corrected chi connectivity index (χ2v) is 3.36. The normalized spacial score (nSPS) is 11.9. The smallest absolute Gasteiger partial charge is 0.332 e. The van der Waals surface area contributed by atoms with E-state index in [1.54, 1.807) is 0 Å². The van der Waals surface area contributed by atoms with Crippen LogP contribution >= 0.6 is 0 Å². The molecule has 1 amide bonds. The van der Waals surface area contributed by atoms with E-state index in [4.69, 9.17) is 10.2 Å². The van der Waals surface area contributed by atoms with E-state index < -0.39 is 35.3 Å². The van der Waals surface area contributed by atoms with Gasteiger partial charge in [0.05, 0.1) is 5.56 Å². The fraction of sp³-hybridized carbons (Fsp3) is 0.300. The number of nitrogens with one attached hydrogen (secondary N) is 1. The number of aliphatic hydroxyl groups excluding tert-OH is 1. The van der Waals surface area contributed by atoms with Gasteiger partial charge in [-0.3, -0.25) is 4.79 Å². The average Bonchev–Trinajstić information content (AvgIpc) is 2.32. The summed E-state index contributed by atoms with van der Waals surface area (Å²) in [5.41, 5.74) is -0.535. The number of pyridine rings is 1. The van der Waals surface area contributed by atoms with Gasteiger partial charge in [-0.15, -0.1) is 0 Å². The second kappa shape index (κ2) is 6.01. The number of aliphatic carboxylic acids is 1. The summed E-state index contributed by atoms with van der Waals surface area (Å²) in [6.45, 7) is -0.185. The van der Waals surface area contributed by atoms with Crippen LogP contribution < -0.4 is 5.32 Å². The van der Waals surface area contributed by atoms with E-state index in [0.29, 0.717) is 0 Å². The molecule has 0 bridgehead atoms. The van der Waals surface area contributed by atoms with Crippen LogP contribution in [-0.4, -0.2) is 39.7 Å². The number of nitrogens with zero attached hydrogens (tertiary/aromatic N) is 1. The van der Waals surface area contributed by atoms with Crippen LogP contribution in [-0.2, 0) is 4.79 Å². The van der Waals surface area contributed by atoms with Crippen molar-refractivity contribution in [3.05, 3.63) is 29.6 Å². The fourth-order valence-electron chi connectivity index (χ4n) is 1.13. The van der Waals surface area contributed by atoms with Crippen molar-refractivity contribution in [1.29, 1.82) is 0 Å². The Labute approximate surface area is 100 Å². The molecule has 0 saturated heterocycles. The third-order valence-corrected chi connectivity index (χ3v) is 2.08. The summed E-state index contributed by atoms with van der Waals surface area (Å²) in [4.78, 5) is 24.7. The number of carboxylic acid groups (broad SMARTS) is 1. The van der Waals surface area contributed by atoms with E-state index in [2.05, 4.69) is 10.3 Å². The minimum Gasteiger partial charge on any atom is -0.479 e. The van der Waals surface area contributed by atoms with Gasteiger partial charge in [-0.05, 0) is 6.07 Å². The van der Waals surface area contributed by atoms with Gasteiger partial charge in [-0.25, -0.2) is 14.2 Å². The molecule has 8 heteroatoms. The molecule has 3 N–H and O–H groups in total. The number of hydrogen-bond donors (Lipinski definition) is 3. The monoisotopic (exact) mass is 260 g/mol. The van der Waals surface area contributed by atoms with Crippen LogP contribution in [0.15, 0.2) is 12.3 Å². The maximum Gasteiger partial charge on any atom is 0.332 e. The van der Waals surface area contributed by atoms with Gasteiger partial charge in [0.2, 0.25) is 5.95 Å². The van der Waals surface area contributed by atoms with Crippen molar-refractivity contribution in [2.45, 2.75) is 12.5 Å². The molecule has 0 spiro atoms. The summed E-state index contributed by atoms with van der Waals surface area (Å²) in [5, 5.41) is 19.4. The van der Waals surface area contributed by atoms with Crippen LogP contribution in [0.4, 0.5) is 8.78 Å². The number of aliphatic hydroxyl groups is 1. The number of carboxylic acids is 1. The van der Waals surface area contributed by atoms with Crippen molar-refractivity contribution in [1.82, 2.24) is 10.3 Å². The second-order valence-electron chi connectivity index (χ2n) is 3.36. The number of rotatable bonds is 5. The molecule has 0 aliphatic heterocycles. The number of aromatic nitrogens is 1. The molecule has 0 unspecified atom stereocenters. The minimum absolute atomic E-state index is 0.185. The molecule has 1 rings (SSSR count). The highest BCUT2D eigenvalue weighted by Gasteiger charge is 2.17. The standard InChI is InChI=1S/C10H10F2N2O4/c11-7-5(1-3-13-8(7)12)9(16)14-4-2-6(15)10(17)18/h1,3,6,15H,2,4H2,(H,14,16)(H,17,18)/t6-/m0/s1. The highest BCUT2D eigenvalue weighted by molar-refractivity contribution is 5.94. The minimum atomic E-state index is -1.62. The van der Waals surface area contributed by atoms with E-state index >= 15 is 0 Å². The highest BCUT2D eigenvalue weighted by atomic mass is 19.2. The number of hydrogen-bond acceptors (Lipinski definition) is 4. The molecule has 6 nitrogen and oxygen atoms in total. The molecular weight excluding hydrogens is 250 g/mol. The van der Waals surface area contributed by atoms with E-state index in [9.17, 15) is 18.4 Å². The summed E-state index contributed by atoms with van der Waals surface area (Å²) >= 11 is 0. The molecule has 98 valence electrons. The Morgan fingerprint density at radius 2 is 2.11 bits per heavy atom. The Balaban J connectivity index is 2.56. The van der Waals surface area contributed by atoms with Crippen molar-refractivity contribution in [2.75, 3.05) is 6.54 Å².